The maximum atomic E-state index is 12.8. The molecule has 1 saturated carbocycles. The molecule has 0 spiro atoms. The quantitative estimate of drug-likeness (QED) is 0.778. The number of nitrogens with zero attached hydrogens (tertiary/aromatic N) is 1. The van der Waals surface area contributed by atoms with Gasteiger partial charge in [-0.25, -0.2) is 0 Å². The van der Waals surface area contributed by atoms with Crippen LogP contribution in [0.4, 0.5) is 5.69 Å². The van der Waals surface area contributed by atoms with E-state index < -0.39 is 29.1 Å². The number of nitrogens with two attached hydrogens (primary N) is 1. The Balaban J connectivity index is 2.39. The van der Waals surface area contributed by atoms with Crippen LogP contribution in [0.2, 0.25) is 0 Å². The number of hydrogen-bond acceptors (Lipinski definition) is 4. The van der Waals surface area contributed by atoms with Crippen molar-refractivity contribution in [1.82, 2.24) is 0 Å². The van der Waals surface area contributed by atoms with Crippen molar-refractivity contribution in [2.45, 2.75) is 32.6 Å². The minimum atomic E-state index is -1.16. The third-order valence-corrected chi connectivity index (χ3v) is 4.81. The minimum absolute atomic E-state index is 0.355. The Morgan fingerprint density at radius 2 is 1.79 bits per heavy atom. The van der Waals surface area contributed by atoms with E-state index in [0.717, 1.165) is 12.8 Å². The maximum Gasteiger partial charge on any atom is 0.235 e. The molecule has 126 valence electrons. The van der Waals surface area contributed by atoms with Crippen molar-refractivity contribution in [2.24, 2.45) is 23.0 Å². The van der Waals surface area contributed by atoms with Gasteiger partial charge in [-0.3, -0.25) is 14.4 Å². The first-order valence-electron chi connectivity index (χ1n) is 7.97. The molecule has 1 aliphatic rings. The Morgan fingerprint density at radius 3 is 2.25 bits per heavy atom. The van der Waals surface area contributed by atoms with Crippen LogP contribution in [0.1, 0.15) is 32.6 Å². The number of carbonyl (C=O) groups is 3. The van der Waals surface area contributed by atoms with Gasteiger partial charge in [-0.05, 0) is 31.9 Å². The molecule has 2 amide bonds. The fraction of sp³-hybridized carbons (Fsp3) is 0.444. The minimum Gasteiger partial charge on any atom is -0.369 e. The zero-order chi connectivity index (χ0) is 17.7. The van der Waals surface area contributed by atoms with Crippen LogP contribution < -0.4 is 11.1 Å². The summed E-state index contributed by atoms with van der Waals surface area (Å²) in [4.78, 5) is 36.9. The van der Waals surface area contributed by atoms with E-state index >= 15 is 0 Å². The monoisotopic (exact) mass is 327 g/mol. The topological polar surface area (TPSA) is 113 Å². The highest BCUT2D eigenvalue weighted by Gasteiger charge is 2.54. The number of primary amides is 1. The van der Waals surface area contributed by atoms with Crippen LogP contribution in [-0.2, 0) is 14.4 Å². The van der Waals surface area contributed by atoms with Crippen LogP contribution in [0.25, 0.3) is 0 Å². The molecule has 1 aromatic rings. The molecular formula is C18H21N3O3. The summed E-state index contributed by atoms with van der Waals surface area (Å²) >= 11 is 0. The smallest absolute Gasteiger partial charge is 0.235 e. The SMILES string of the molecule is CC(=O)C(C(=O)Nc1ccccc1)C1([C@H](C#N)C(N)=O)CCCC1. The number of rotatable bonds is 6. The second-order valence-corrected chi connectivity index (χ2v) is 6.30. The van der Waals surface area contributed by atoms with Crippen LogP contribution in [0, 0.1) is 28.6 Å². The molecule has 0 radical (unpaired) electrons. The number of nitrogens with one attached hydrogen (secondary N) is 1. The fourth-order valence-electron chi connectivity index (χ4n) is 3.84. The molecular weight excluding hydrogens is 306 g/mol. The highest BCUT2D eigenvalue weighted by atomic mass is 16.2. The van der Waals surface area contributed by atoms with E-state index in [1.807, 2.05) is 12.1 Å². The summed E-state index contributed by atoms with van der Waals surface area (Å²) in [6, 6.07) is 10.7. The molecule has 0 aromatic heterocycles. The molecule has 1 unspecified atom stereocenters. The molecule has 1 aliphatic carbocycles. The Hall–Kier alpha value is -2.68. The molecule has 24 heavy (non-hydrogen) atoms. The summed E-state index contributed by atoms with van der Waals surface area (Å²) in [5, 5.41) is 12.2. The number of benzene rings is 1. The van der Waals surface area contributed by atoms with Gasteiger partial charge in [-0.1, -0.05) is 31.0 Å². The van der Waals surface area contributed by atoms with E-state index in [1.165, 1.54) is 6.92 Å². The van der Waals surface area contributed by atoms with Crippen LogP contribution in [0.3, 0.4) is 0 Å². The summed E-state index contributed by atoms with van der Waals surface area (Å²) in [6.07, 6.45) is 2.43. The van der Waals surface area contributed by atoms with E-state index in [9.17, 15) is 19.6 Å². The first kappa shape index (κ1) is 17.7. The van der Waals surface area contributed by atoms with Crippen molar-refractivity contribution in [3.05, 3.63) is 30.3 Å². The molecule has 0 aliphatic heterocycles. The lowest BCUT2D eigenvalue weighted by atomic mass is 9.63. The summed E-state index contributed by atoms with van der Waals surface area (Å²) in [6.45, 7) is 1.32. The molecule has 6 nitrogen and oxygen atoms in total. The van der Waals surface area contributed by atoms with Crippen molar-refractivity contribution in [3.8, 4) is 6.07 Å². The van der Waals surface area contributed by atoms with Crippen LogP contribution >= 0.6 is 0 Å². The maximum absolute atomic E-state index is 12.8. The van der Waals surface area contributed by atoms with Crippen molar-refractivity contribution < 1.29 is 14.4 Å². The predicted octanol–water partition coefficient (Wildman–Crippen LogP) is 2.02. The van der Waals surface area contributed by atoms with Crippen LogP contribution in [0.15, 0.2) is 30.3 Å². The number of carbonyl (C=O) groups excluding carboxylic acids is 3. The number of amides is 2. The third kappa shape index (κ3) is 3.30. The Kier molecular flexibility index (Phi) is 5.35. The van der Waals surface area contributed by atoms with E-state index in [4.69, 9.17) is 5.73 Å². The van der Waals surface area contributed by atoms with E-state index in [2.05, 4.69) is 5.32 Å². The Labute approximate surface area is 141 Å². The lowest BCUT2D eigenvalue weighted by molar-refractivity contribution is -0.139. The molecule has 2 rings (SSSR count). The standard InChI is InChI=1S/C18H21N3O3/c1-12(22)15(17(24)21-13-7-3-2-4-8-13)18(9-5-6-10-18)14(11-19)16(20)23/h2-4,7-8,14-15H,5-6,9-10H2,1H3,(H2,20,23)(H,21,24)/t14-,15?/m1/s1. The molecule has 6 heteroatoms. The van der Waals surface area contributed by atoms with Crippen LogP contribution in [-0.4, -0.2) is 17.6 Å². The number of hydrogen-bond donors (Lipinski definition) is 2. The normalized spacial score (nSPS) is 18.2. The summed E-state index contributed by atoms with van der Waals surface area (Å²) < 4.78 is 0. The predicted molar refractivity (Wildman–Crippen MR) is 88.4 cm³/mol. The molecule has 3 N–H and O–H groups in total. The molecule has 0 heterocycles. The number of ketones is 1. The number of para-hydroxylation sites is 1. The third-order valence-electron chi connectivity index (χ3n) is 4.81. The van der Waals surface area contributed by atoms with Crippen molar-refractivity contribution in [1.29, 1.82) is 5.26 Å². The van der Waals surface area contributed by atoms with Crippen LogP contribution in [0.5, 0.6) is 0 Å². The van der Waals surface area contributed by atoms with Gasteiger partial charge in [0.25, 0.3) is 0 Å². The highest BCUT2D eigenvalue weighted by molar-refractivity contribution is 6.07. The molecule has 0 bridgehead atoms. The first-order valence-corrected chi connectivity index (χ1v) is 7.97. The largest absolute Gasteiger partial charge is 0.369 e. The summed E-state index contributed by atoms with van der Waals surface area (Å²) in [5.41, 5.74) is 4.94. The van der Waals surface area contributed by atoms with Gasteiger partial charge in [0.2, 0.25) is 11.8 Å². The van der Waals surface area contributed by atoms with Gasteiger partial charge in [0.15, 0.2) is 0 Å². The zero-order valence-electron chi connectivity index (χ0n) is 13.6. The molecule has 2 atom stereocenters. The molecule has 0 saturated heterocycles. The Morgan fingerprint density at radius 1 is 1.21 bits per heavy atom. The van der Waals surface area contributed by atoms with Gasteiger partial charge >= 0.3 is 0 Å². The average molecular weight is 327 g/mol. The Bertz CT molecular complexity index is 672. The molecule has 1 aromatic carbocycles. The van der Waals surface area contributed by atoms with Gasteiger partial charge in [-0.15, -0.1) is 0 Å². The van der Waals surface area contributed by atoms with E-state index in [0.29, 0.717) is 18.5 Å². The van der Waals surface area contributed by atoms with Gasteiger partial charge < -0.3 is 11.1 Å². The number of Topliss-reactive ketones (excluding diaryl/α,β-unsaturated/α-hetero) is 1. The number of anilines is 1. The van der Waals surface area contributed by atoms with Gasteiger partial charge in [0, 0.05) is 11.1 Å². The van der Waals surface area contributed by atoms with Gasteiger partial charge in [0.05, 0.1) is 6.07 Å². The highest BCUT2D eigenvalue weighted by Crippen LogP contribution is 2.50. The van der Waals surface area contributed by atoms with Crippen molar-refractivity contribution in [2.75, 3.05) is 5.32 Å². The summed E-state index contributed by atoms with van der Waals surface area (Å²) in [5.74, 6) is -3.85. The van der Waals surface area contributed by atoms with Crippen molar-refractivity contribution in [3.63, 3.8) is 0 Å². The van der Waals surface area contributed by atoms with E-state index in [1.54, 1.807) is 24.3 Å². The van der Waals surface area contributed by atoms with Gasteiger partial charge in [0.1, 0.15) is 17.6 Å². The fourth-order valence-corrected chi connectivity index (χ4v) is 3.84. The second-order valence-electron chi connectivity index (χ2n) is 6.30. The number of nitriles is 1. The average Bonchev–Trinajstić information content (AvgIpc) is 2.98. The lowest BCUT2D eigenvalue weighted by Gasteiger charge is -2.37. The first-order chi connectivity index (χ1) is 11.4. The second kappa shape index (κ2) is 7.26. The lowest BCUT2D eigenvalue weighted by Crippen LogP contribution is -2.49. The zero-order valence-corrected chi connectivity index (χ0v) is 13.6. The van der Waals surface area contributed by atoms with E-state index in [-0.39, 0.29) is 5.78 Å². The summed E-state index contributed by atoms with van der Waals surface area (Å²) in [7, 11) is 0. The van der Waals surface area contributed by atoms with Gasteiger partial charge in [-0.2, -0.15) is 5.26 Å². The molecule has 1 fully saturated rings. The van der Waals surface area contributed by atoms with Crippen molar-refractivity contribution >= 4 is 23.3 Å².